The number of anilines is 1. The number of aliphatic hydroxyl groups excluding tert-OH is 1. The number of hydrogen-bond acceptors (Lipinski definition) is 6. The van der Waals surface area contributed by atoms with E-state index in [1.165, 1.54) is 12.1 Å². The van der Waals surface area contributed by atoms with Gasteiger partial charge in [-0.15, -0.1) is 0 Å². The summed E-state index contributed by atoms with van der Waals surface area (Å²) >= 11 is 0. The average molecular weight is 351 g/mol. The number of rotatable bonds is 7. The van der Waals surface area contributed by atoms with E-state index in [1.54, 1.807) is 0 Å². The van der Waals surface area contributed by atoms with Crippen molar-refractivity contribution in [3.05, 3.63) is 64.2 Å². The number of primary sulfonamides is 1. The molecule has 0 aliphatic carbocycles. The standard InChI is InChI=1S/C15H17N3O5S/c16-24(22,23)15-8-12(7-13(9-15)18(20)21)17-10-14(19)6-11-4-2-1-3-5-11/h1-5,7-9,14,17,19H,6,10H2,(H2,16,22,23). The molecule has 1 unspecified atom stereocenters. The Kier molecular flexibility index (Phi) is 5.50. The molecule has 0 aliphatic rings. The first-order valence-electron chi connectivity index (χ1n) is 7.04. The van der Waals surface area contributed by atoms with Crippen molar-refractivity contribution in [1.82, 2.24) is 0 Å². The van der Waals surface area contributed by atoms with Crippen LogP contribution in [0, 0.1) is 10.1 Å². The molecule has 9 heteroatoms. The van der Waals surface area contributed by atoms with Gasteiger partial charge in [0.15, 0.2) is 0 Å². The fourth-order valence-electron chi connectivity index (χ4n) is 2.15. The molecule has 1 atom stereocenters. The summed E-state index contributed by atoms with van der Waals surface area (Å²) in [4.78, 5) is 9.83. The second-order valence-electron chi connectivity index (χ2n) is 5.24. The number of nitro groups is 1. The molecule has 2 aromatic rings. The third-order valence-corrected chi connectivity index (χ3v) is 4.18. The molecule has 0 aromatic heterocycles. The van der Waals surface area contributed by atoms with Crippen molar-refractivity contribution in [2.45, 2.75) is 17.4 Å². The number of nitrogens with two attached hydrogens (primary N) is 1. The summed E-state index contributed by atoms with van der Waals surface area (Å²) in [5.74, 6) is 0. The van der Waals surface area contributed by atoms with Gasteiger partial charge in [0.1, 0.15) is 0 Å². The van der Waals surface area contributed by atoms with E-state index in [1.807, 2.05) is 30.3 Å². The molecule has 2 rings (SSSR count). The molecular weight excluding hydrogens is 334 g/mol. The maximum absolute atomic E-state index is 11.4. The molecule has 0 spiro atoms. The summed E-state index contributed by atoms with van der Waals surface area (Å²) in [6.45, 7) is 0.0973. The zero-order valence-corrected chi connectivity index (χ0v) is 13.4. The predicted octanol–water partition coefficient (Wildman–Crippen LogP) is 1.26. The summed E-state index contributed by atoms with van der Waals surface area (Å²) in [5.41, 5.74) is 0.734. The van der Waals surface area contributed by atoms with Crippen LogP contribution < -0.4 is 10.5 Å². The zero-order chi connectivity index (χ0) is 17.7. The number of aliphatic hydroxyl groups is 1. The van der Waals surface area contributed by atoms with Gasteiger partial charge in [0.2, 0.25) is 10.0 Å². The molecule has 2 aromatic carbocycles. The van der Waals surface area contributed by atoms with Crippen molar-refractivity contribution in [1.29, 1.82) is 0 Å². The van der Waals surface area contributed by atoms with Crippen LogP contribution in [0.3, 0.4) is 0 Å². The number of nitro benzene ring substituents is 1. The number of hydrogen-bond donors (Lipinski definition) is 3. The van der Waals surface area contributed by atoms with E-state index in [9.17, 15) is 23.6 Å². The molecule has 0 saturated heterocycles. The van der Waals surface area contributed by atoms with Crippen LogP contribution in [0.4, 0.5) is 11.4 Å². The van der Waals surface area contributed by atoms with Gasteiger partial charge in [-0.05, 0) is 11.6 Å². The van der Waals surface area contributed by atoms with Gasteiger partial charge >= 0.3 is 0 Å². The van der Waals surface area contributed by atoms with Crippen molar-refractivity contribution in [3.63, 3.8) is 0 Å². The molecule has 0 bridgehead atoms. The molecule has 0 fully saturated rings. The highest BCUT2D eigenvalue weighted by atomic mass is 32.2. The first kappa shape index (κ1) is 17.9. The maximum Gasteiger partial charge on any atom is 0.272 e. The van der Waals surface area contributed by atoms with Crippen LogP contribution in [0.5, 0.6) is 0 Å². The lowest BCUT2D eigenvalue weighted by atomic mass is 10.1. The summed E-state index contributed by atoms with van der Waals surface area (Å²) in [5, 5.41) is 28.8. The van der Waals surface area contributed by atoms with Crippen LogP contribution in [0.2, 0.25) is 0 Å². The monoisotopic (exact) mass is 351 g/mol. The lowest BCUT2D eigenvalue weighted by molar-refractivity contribution is -0.385. The molecule has 0 amide bonds. The second kappa shape index (κ2) is 7.39. The van der Waals surface area contributed by atoms with E-state index in [0.29, 0.717) is 6.42 Å². The van der Waals surface area contributed by atoms with Gasteiger partial charge in [-0.1, -0.05) is 30.3 Å². The number of nitrogens with zero attached hydrogens (tertiary/aromatic N) is 1. The van der Waals surface area contributed by atoms with Gasteiger partial charge in [0.05, 0.1) is 15.9 Å². The lowest BCUT2D eigenvalue weighted by Crippen LogP contribution is -2.22. The van der Waals surface area contributed by atoms with E-state index in [-0.39, 0.29) is 17.1 Å². The fraction of sp³-hybridized carbons (Fsp3) is 0.200. The summed E-state index contributed by atoms with van der Waals surface area (Å²) in [6.07, 6.45) is -0.352. The predicted molar refractivity (Wildman–Crippen MR) is 89.1 cm³/mol. The van der Waals surface area contributed by atoms with Gasteiger partial charge < -0.3 is 10.4 Å². The average Bonchev–Trinajstić information content (AvgIpc) is 2.53. The van der Waals surface area contributed by atoms with Crippen LogP contribution in [0.25, 0.3) is 0 Å². The van der Waals surface area contributed by atoms with Crippen molar-refractivity contribution >= 4 is 21.4 Å². The van der Waals surface area contributed by atoms with Crippen LogP contribution in [-0.4, -0.2) is 31.1 Å². The minimum absolute atomic E-state index is 0.0973. The van der Waals surface area contributed by atoms with Gasteiger partial charge in [0.25, 0.3) is 5.69 Å². The first-order chi connectivity index (χ1) is 11.3. The Bertz CT molecular complexity index is 824. The van der Waals surface area contributed by atoms with Crippen molar-refractivity contribution in [2.75, 3.05) is 11.9 Å². The van der Waals surface area contributed by atoms with Crippen LogP contribution in [0.1, 0.15) is 5.56 Å². The molecule has 0 aliphatic heterocycles. The Morgan fingerprint density at radius 1 is 1.21 bits per heavy atom. The van der Waals surface area contributed by atoms with E-state index >= 15 is 0 Å². The number of benzene rings is 2. The van der Waals surface area contributed by atoms with Crippen LogP contribution in [-0.2, 0) is 16.4 Å². The normalized spacial score (nSPS) is 12.6. The molecule has 4 N–H and O–H groups in total. The maximum atomic E-state index is 11.4. The van der Waals surface area contributed by atoms with E-state index in [0.717, 1.165) is 11.6 Å². The molecule has 8 nitrogen and oxygen atoms in total. The summed E-state index contributed by atoms with van der Waals surface area (Å²) < 4.78 is 22.8. The fourth-order valence-corrected chi connectivity index (χ4v) is 2.73. The molecule has 0 heterocycles. The highest BCUT2D eigenvalue weighted by molar-refractivity contribution is 7.89. The van der Waals surface area contributed by atoms with E-state index in [2.05, 4.69) is 5.32 Å². The topological polar surface area (TPSA) is 136 Å². The highest BCUT2D eigenvalue weighted by Gasteiger charge is 2.17. The minimum atomic E-state index is -4.08. The Morgan fingerprint density at radius 3 is 2.46 bits per heavy atom. The third kappa shape index (κ3) is 5.01. The molecule has 0 radical (unpaired) electrons. The lowest BCUT2D eigenvalue weighted by Gasteiger charge is -2.13. The Balaban J connectivity index is 2.11. The van der Waals surface area contributed by atoms with Crippen molar-refractivity contribution < 1.29 is 18.4 Å². The van der Waals surface area contributed by atoms with Crippen LogP contribution in [0.15, 0.2) is 53.4 Å². The van der Waals surface area contributed by atoms with E-state index in [4.69, 9.17) is 5.14 Å². The van der Waals surface area contributed by atoms with Crippen molar-refractivity contribution in [3.8, 4) is 0 Å². The Labute approximate surface area is 139 Å². The third-order valence-electron chi connectivity index (χ3n) is 3.29. The number of nitrogens with one attached hydrogen (secondary N) is 1. The molecule has 24 heavy (non-hydrogen) atoms. The molecule has 0 saturated carbocycles. The van der Waals surface area contributed by atoms with E-state index < -0.39 is 26.7 Å². The summed E-state index contributed by atoms with van der Waals surface area (Å²) in [6, 6.07) is 12.6. The Hall–Kier alpha value is -2.49. The SMILES string of the molecule is NS(=O)(=O)c1cc(NCC(O)Cc2ccccc2)cc([N+](=O)[O-])c1. The summed E-state index contributed by atoms with van der Waals surface area (Å²) in [7, 11) is -4.08. The van der Waals surface area contributed by atoms with Gasteiger partial charge in [0, 0.05) is 30.8 Å². The molecular formula is C15H17N3O5S. The zero-order valence-electron chi connectivity index (χ0n) is 12.6. The smallest absolute Gasteiger partial charge is 0.272 e. The minimum Gasteiger partial charge on any atom is -0.391 e. The number of non-ortho nitro benzene ring substituents is 1. The number of sulfonamides is 1. The van der Waals surface area contributed by atoms with Gasteiger partial charge in [-0.25, -0.2) is 13.6 Å². The van der Waals surface area contributed by atoms with Crippen LogP contribution >= 0.6 is 0 Å². The van der Waals surface area contributed by atoms with Gasteiger partial charge in [-0.3, -0.25) is 10.1 Å². The van der Waals surface area contributed by atoms with Crippen molar-refractivity contribution in [2.24, 2.45) is 5.14 Å². The highest BCUT2D eigenvalue weighted by Crippen LogP contribution is 2.23. The Morgan fingerprint density at radius 2 is 1.88 bits per heavy atom. The first-order valence-corrected chi connectivity index (χ1v) is 8.58. The quantitative estimate of drug-likeness (QED) is 0.507. The second-order valence-corrected chi connectivity index (χ2v) is 6.80. The largest absolute Gasteiger partial charge is 0.391 e. The molecule has 128 valence electrons. The van der Waals surface area contributed by atoms with Gasteiger partial charge in [-0.2, -0.15) is 0 Å².